The largest absolute Gasteiger partial charge is 0.459 e. The third-order valence-corrected chi connectivity index (χ3v) is 4.91. The molecule has 0 saturated heterocycles. The summed E-state index contributed by atoms with van der Waals surface area (Å²) in [6.07, 6.45) is 0. The summed E-state index contributed by atoms with van der Waals surface area (Å²) in [5.74, 6) is 0.833. The van der Waals surface area contributed by atoms with E-state index in [1.165, 1.54) is 7.05 Å². The normalized spacial score (nSPS) is 13.8. The molecule has 0 saturated carbocycles. The van der Waals surface area contributed by atoms with Crippen LogP contribution in [-0.2, 0) is 10.0 Å². The van der Waals surface area contributed by atoms with Crippen LogP contribution in [-0.4, -0.2) is 27.8 Å². The lowest BCUT2D eigenvalue weighted by Crippen LogP contribution is -2.30. The van der Waals surface area contributed by atoms with Gasteiger partial charge in [-0.2, -0.15) is 0 Å². The van der Waals surface area contributed by atoms with Gasteiger partial charge in [-0.1, -0.05) is 15.9 Å². The Hall–Kier alpha value is -0.890. The Labute approximate surface area is 126 Å². The highest BCUT2D eigenvalue weighted by Crippen LogP contribution is 2.26. The van der Waals surface area contributed by atoms with Crippen LogP contribution in [0.4, 0.5) is 0 Å². The molecular weight excluding hydrogens is 344 g/mol. The minimum absolute atomic E-state index is 0.0413. The maximum Gasteiger partial charge on any atom is 0.212 e. The fraction of sp³-hybridized carbons (Fsp3) is 0.385. The van der Waals surface area contributed by atoms with Crippen molar-refractivity contribution in [3.63, 3.8) is 0 Å². The van der Waals surface area contributed by atoms with Crippen LogP contribution in [0.15, 0.2) is 33.2 Å². The first kappa shape index (κ1) is 15.5. The zero-order valence-corrected chi connectivity index (χ0v) is 13.7. The number of sulfonamides is 1. The predicted molar refractivity (Wildman–Crippen MR) is 83.2 cm³/mol. The molecule has 110 valence electrons. The summed E-state index contributed by atoms with van der Waals surface area (Å²) >= 11 is 3.42. The maximum absolute atomic E-state index is 11.3. The van der Waals surface area contributed by atoms with E-state index in [4.69, 9.17) is 4.42 Å². The molecule has 0 spiro atoms. The highest BCUT2D eigenvalue weighted by molar-refractivity contribution is 9.10. The first-order valence-electron chi connectivity index (χ1n) is 6.25. The van der Waals surface area contributed by atoms with Gasteiger partial charge < -0.3 is 9.73 Å². The number of halogens is 1. The van der Waals surface area contributed by atoms with Crippen molar-refractivity contribution in [2.45, 2.75) is 13.0 Å². The van der Waals surface area contributed by atoms with Gasteiger partial charge in [0.15, 0.2) is 0 Å². The molecular formula is C13H17BrN2O3S. The lowest BCUT2D eigenvalue weighted by molar-refractivity contribution is 0.458. The highest BCUT2D eigenvalue weighted by atomic mass is 79.9. The van der Waals surface area contributed by atoms with Crippen molar-refractivity contribution < 1.29 is 12.8 Å². The van der Waals surface area contributed by atoms with Gasteiger partial charge in [-0.15, -0.1) is 0 Å². The van der Waals surface area contributed by atoms with Crippen LogP contribution in [0.3, 0.4) is 0 Å². The van der Waals surface area contributed by atoms with Crippen molar-refractivity contribution >= 4 is 36.9 Å². The molecule has 2 N–H and O–H groups in total. The average Bonchev–Trinajstić information content (AvgIpc) is 2.81. The van der Waals surface area contributed by atoms with E-state index in [0.29, 0.717) is 6.54 Å². The molecule has 7 heteroatoms. The summed E-state index contributed by atoms with van der Waals surface area (Å²) in [5.41, 5.74) is 0.819. The van der Waals surface area contributed by atoms with Gasteiger partial charge in [-0.25, -0.2) is 13.1 Å². The first-order valence-corrected chi connectivity index (χ1v) is 8.69. The number of benzene rings is 1. The number of rotatable bonds is 6. The van der Waals surface area contributed by atoms with Crippen molar-refractivity contribution in [2.24, 2.45) is 0 Å². The Morgan fingerprint density at radius 1 is 1.35 bits per heavy atom. The van der Waals surface area contributed by atoms with Gasteiger partial charge in [0.25, 0.3) is 0 Å². The molecule has 2 aromatic rings. The van der Waals surface area contributed by atoms with Crippen molar-refractivity contribution in [1.82, 2.24) is 10.0 Å². The Kier molecular flexibility index (Phi) is 4.85. The third-order valence-electron chi connectivity index (χ3n) is 3.06. The molecule has 1 heterocycles. The molecule has 0 fully saturated rings. The van der Waals surface area contributed by atoms with Gasteiger partial charge in [0.2, 0.25) is 10.0 Å². The topological polar surface area (TPSA) is 71.3 Å². The Morgan fingerprint density at radius 3 is 2.80 bits per heavy atom. The standard InChI is InChI=1S/C13H17BrN2O3S/c1-9(16-5-6-20(17,18)15-2)13-8-10-7-11(14)3-4-12(10)19-13/h3-4,7-9,15-16H,5-6H2,1-2H3. The SMILES string of the molecule is CNS(=O)(=O)CCNC(C)c1cc2cc(Br)ccc2o1. The monoisotopic (exact) mass is 360 g/mol. The first-order chi connectivity index (χ1) is 9.41. The van der Waals surface area contributed by atoms with Crippen molar-refractivity contribution in [2.75, 3.05) is 19.3 Å². The number of nitrogens with one attached hydrogen (secondary N) is 2. The van der Waals surface area contributed by atoms with Crippen LogP contribution in [0.5, 0.6) is 0 Å². The van der Waals surface area contributed by atoms with E-state index in [2.05, 4.69) is 26.0 Å². The lowest BCUT2D eigenvalue weighted by atomic mass is 10.2. The van der Waals surface area contributed by atoms with Gasteiger partial charge in [0.1, 0.15) is 11.3 Å². The van der Waals surface area contributed by atoms with Crippen LogP contribution in [0.25, 0.3) is 11.0 Å². The van der Waals surface area contributed by atoms with E-state index in [1.807, 2.05) is 31.2 Å². The van der Waals surface area contributed by atoms with E-state index in [-0.39, 0.29) is 11.8 Å². The molecule has 1 aromatic heterocycles. The molecule has 20 heavy (non-hydrogen) atoms. The molecule has 0 aliphatic rings. The van der Waals surface area contributed by atoms with Crippen LogP contribution in [0, 0.1) is 0 Å². The summed E-state index contributed by atoms with van der Waals surface area (Å²) in [5, 5.41) is 4.16. The molecule has 0 amide bonds. The fourth-order valence-electron chi connectivity index (χ4n) is 1.86. The Morgan fingerprint density at radius 2 is 2.10 bits per heavy atom. The van der Waals surface area contributed by atoms with Crippen molar-refractivity contribution in [1.29, 1.82) is 0 Å². The molecule has 1 aromatic carbocycles. The van der Waals surface area contributed by atoms with E-state index in [1.54, 1.807) is 0 Å². The van der Waals surface area contributed by atoms with Crippen molar-refractivity contribution in [3.05, 3.63) is 34.5 Å². The molecule has 2 rings (SSSR count). The molecule has 0 aliphatic carbocycles. The fourth-order valence-corrected chi connectivity index (χ4v) is 2.83. The smallest absolute Gasteiger partial charge is 0.212 e. The quantitative estimate of drug-likeness (QED) is 0.829. The zero-order chi connectivity index (χ0) is 14.8. The molecule has 5 nitrogen and oxygen atoms in total. The Balaban J connectivity index is 2.02. The van der Waals surface area contributed by atoms with E-state index in [9.17, 15) is 8.42 Å². The second kappa shape index (κ2) is 6.26. The van der Waals surface area contributed by atoms with E-state index in [0.717, 1.165) is 21.2 Å². The summed E-state index contributed by atoms with van der Waals surface area (Å²) in [7, 11) is -1.76. The van der Waals surface area contributed by atoms with Gasteiger partial charge in [0.05, 0.1) is 11.8 Å². The molecule has 0 aliphatic heterocycles. The number of furan rings is 1. The number of hydrogen-bond donors (Lipinski definition) is 2. The van der Waals surface area contributed by atoms with Crippen LogP contribution < -0.4 is 10.0 Å². The molecule has 0 bridgehead atoms. The van der Waals surface area contributed by atoms with Gasteiger partial charge in [-0.3, -0.25) is 0 Å². The van der Waals surface area contributed by atoms with Crippen LogP contribution in [0.2, 0.25) is 0 Å². The minimum atomic E-state index is -3.18. The Bertz CT molecular complexity index is 697. The molecule has 1 unspecified atom stereocenters. The second-order valence-corrected chi connectivity index (χ2v) is 7.49. The summed E-state index contributed by atoms with van der Waals surface area (Å²) in [6.45, 7) is 2.31. The average molecular weight is 361 g/mol. The van der Waals surface area contributed by atoms with E-state index >= 15 is 0 Å². The van der Waals surface area contributed by atoms with Crippen molar-refractivity contribution in [3.8, 4) is 0 Å². The summed E-state index contributed by atoms with van der Waals surface area (Å²) in [4.78, 5) is 0. The predicted octanol–water partition coefficient (Wildman–Crippen LogP) is 2.40. The summed E-state index contributed by atoms with van der Waals surface area (Å²) in [6, 6.07) is 7.73. The highest BCUT2D eigenvalue weighted by Gasteiger charge is 2.13. The number of hydrogen-bond acceptors (Lipinski definition) is 4. The molecule has 1 atom stereocenters. The third kappa shape index (κ3) is 3.82. The van der Waals surface area contributed by atoms with Gasteiger partial charge in [-0.05, 0) is 38.2 Å². The van der Waals surface area contributed by atoms with Gasteiger partial charge >= 0.3 is 0 Å². The summed E-state index contributed by atoms with van der Waals surface area (Å²) < 4.78 is 31.7. The minimum Gasteiger partial charge on any atom is -0.459 e. The van der Waals surface area contributed by atoms with Gasteiger partial charge in [0, 0.05) is 16.4 Å². The second-order valence-electron chi connectivity index (χ2n) is 4.53. The number of fused-ring (bicyclic) bond motifs is 1. The van der Waals surface area contributed by atoms with E-state index < -0.39 is 10.0 Å². The zero-order valence-electron chi connectivity index (χ0n) is 11.3. The lowest BCUT2D eigenvalue weighted by Gasteiger charge is -2.10. The van der Waals surface area contributed by atoms with Crippen LogP contribution >= 0.6 is 15.9 Å². The van der Waals surface area contributed by atoms with Crippen LogP contribution in [0.1, 0.15) is 18.7 Å². The molecule has 0 radical (unpaired) electrons. The maximum atomic E-state index is 11.3.